The number of carbonyl (C=O) groups excluding carboxylic acids is 2. The third-order valence-electron chi connectivity index (χ3n) is 4.44. The van der Waals surface area contributed by atoms with Gasteiger partial charge in [-0.05, 0) is 37.1 Å². The number of rotatable bonds is 10. The molecule has 0 radical (unpaired) electrons. The molecule has 0 aliphatic rings. The molecule has 0 saturated heterocycles. The van der Waals surface area contributed by atoms with Crippen molar-refractivity contribution in [3.8, 4) is 11.5 Å². The van der Waals surface area contributed by atoms with Gasteiger partial charge in [0.2, 0.25) is 5.91 Å². The number of amides is 2. The van der Waals surface area contributed by atoms with E-state index in [1.807, 2.05) is 31.2 Å². The van der Waals surface area contributed by atoms with E-state index in [0.717, 1.165) is 12.0 Å². The Hall–Kier alpha value is -2.73. The van der Waals surface area contributed by atoms with Crippen molar-refractivity contribution < 1.29 is 19.1 Å². The van der Waals surface area contributed by atoms with Crippen molar-refractivity contribution in [1.82, 2.24) is 10.2 Å². The summed E-state index contributed by atoms with van der Waals surface area (Å²) in [5.74, 6) is 0.454. The molecule has 1 N–H and O–H groups in total. The molecule has 0 fully saturated rings. The number of hydrogen-bond donors (Lipinski definition) is 1. The van der Waals surface area contributed by atoms with E-state index in [2.05, 4.69) is 5.32 Å². The lowest BCUT2D eigenvalue weighted by Gasteiger charge is -2.29. The van der Waals surface area contributed by atoms with Crippen LogP contribution in [0.2, 0.25) is 5.02 Å². The van der Waals surface area contributed by atoms with Crippen molar-refractivity contribution in [1.29, 1.82) is 0 Å². The van der Waals surface area contributed by atoms with Gasteiger partial charge in [-0.25, -0.2) is 0 Å². The summed E-state index contributed by atoms with van der Waals surface area (Å²) >= 11 is 6.27. The molecule has 6 nitrogen and oxygen atoms in total. The number of hydrogen-bond acceptors (Lipinski definition) is 4. The molecule has 29 heavy (non-hydrogen) atoms. The highest BCUT2D eigenvalue weighted by Crippen LogP contribution is 2.26. The van der Waals surface area contributed by atoms with E-state index in [1.54, 1.807) is 31.2 Å². The number of nitrogens with one attached hydrogen (secondary N) is 1. The number of ether oxygens (including phenoxy) is 2. The first-order chi connectivity index (χ1) is 14.0. The minimum absolute atomic E-state index is 0.203. The fourth-order valence-corrected chi connectivity index (χ4v) is 2.94. The molecule has 0 aliphatic carbocycles. The largest absolute Gasteiger partial charge is 0.493 e. The fourth-order valence-electron chi connectivity index (χ4n) is 2.75. The number of methoxy groups -OCH3 is 1. The summed E-state index contributed by atoms with van der Waals surface area (Å²) < 4.78 is 10.9. The first-order valence-electron chi connectivity index (χ1n) is 9.54. The van der Waals surface area contributed by atoms with E-state index in [4.69, 9.17) is 21.1 Å². The monoisotopic (exact) mass is 418 g/mol. The maximum Gasteiger partial charge on any atom is 0.261 e. The Morgan fingerprint density at radius 1 is 1.10 bits per heavy atom. The Bertz CT molecular complexity index is 828. The van der Waals surface area contributed by atoms with Crippen LogP contribution in [-0.4, -0.2) is 43.0 Å². The Labute approximate surface area is 176 Å². The van der Waals surface area contributed by atoms with Crippen LogP contribution in [0.25, 0.3) is 0 Å². The van der Waals surface area contributed by atoms with Gasteiger partial charge in [-0.2, -0.15) is 0 Å². The molecular formula is C22H27ClN2O4. The molecule has 7 heteroatoms. The standard InChI is InChI=1S/C22H27ClN2O4/c1-4-13-24-22(27)16(2)25(14-17-9-5-6-10-18(17)23)21(26)15-29-20-12-8-7-11-19(20)28-3/h5-12,16H,4,13-15H2,1-3H3,(H,24,27). The SMILES string of the molecule is CCCNC(=O)C(C)N(Cc1ccccc1Cl)C(=O)COc1ccccc1OC. The van der Waals surface area contributed by atoms with Crippen LogP contribution >= 0.6 is 11.6 Å². The van der Waals surface area contributed by atoms with Crippen molar-refractivity contribution in [2.75, 3.05) is 20.3 Å². The average molecular weight is 419 g/mol. The third-order valence-corrected chi connectivity index (χ3v) is 4.80. The van der Waals surface area contributed by atoms with Crippen molar-refractivity contribution in [3.05, 3.63) is 59.1 Å². The summed E-state index contributed by atoms with van der Waals surface area (Å²) in [4.78, 5) is 27.0. The van der Waals surface area contributed by atoms with E-state index in [0.29, 0.717) is 23.1 Å². The average Bonchev–Trinajstić information content (AvgIpc) is 2.74. The molecule has 0 aliphatic heterocycles. The molecule has 0 bridgehead atoms. The van der Waals surface area contributed by atoms with Gasteiger partial charge in [0.15, 0.2) is 18.1 Å². The zero-order valence-corrected chi connectivity index (χ0v) is 17.7. The van der Waals surface area contributed by atoms with Gasteiger partial charge < -0.3 is 19.7 Å². The maximum atomic E-state index is 13.0. The number of halogens is 1. The Morgan fingerprint density at radius 3 is 2.41 bits per heavy atom. The molecule has 0 heterocycles. The summed E-state index contributed by atoms with van der Waals surface area (Å²) in [5.41, 5.74) is 0.759. The molecule has 2 aromatic rings. The molecule has 0 aromatic heterocycles. The second-order valence-electron chi connectivity index (χ2n) is 6.52. The summed E-state index contributed by atoms with van der Waals surface area (Å²) in [6.45, 7) is 4.20. The van der Waals surface area contributed by atoms with Crippen LogP contribution in [0, 0.1) is 0 Å². The highest BCUT2D eigenvalue weighted by Gasteiger charge is 2.27. The predicted molar refractivity (Wildman–Crippen MR) is 113 cm³/mol. The van der Waals surface area contributed by atoms with Crippen molar-refractivity contribution in [2.24, 2.45) is 0 Å². The fraction of sp³-hybridized carbons (Fsp3) is 0.364. The van der Waals surface area contributed by atoms with E-state index in [1.165, 1.54) is 12.0 Å². The van der Waals surface area contributed by atoms with Crippen LogP contribution in [0.1, 0.15) is 25.8 Å². The van der Waals surface area contributed by atoms with E-state index in [-0.39, 0.29) is 25.0 Å². The highest BCUT2D eigenvalue weighted by molar-refractivity contribution is 6.31. The molecule has 156 valence electrons. The zero-order chi connectivity index (χ0) is 21.2. The minimum Gasteiger partial charge on any atom is -0.493 e. The van der Waals surface area contributed by atoms with E-state index in [9.17, 15) is 9.59 Å². The van der Waals surface area contributed by atoms with E-state index < -0.39 is 6.04 Å². The van der Waals surface area contributed by atoms with Crippen molar-refractivity contribution in [3.63, 3.8) is 0 Å². The van der Waals surface area contributed by atoms with Gasteiger partial charge in [0.05, 0.1) is 7.11 Å². The van der Waals surface area contributed by atoms with Crippen LogP contribution in [0.5, 0.6) is 11.5 Å². The molecule has 2 rings (SSSR count). The lowest BCUT2D eigenvalue weighted by molar-refractivity contribution is -0.142. The Morgan fingerprint density at radius 2 is 1.76 bits per heavy atom. The summed E-state index contributed by atoms with van der Waals surface area (Å²) in [5, 5.41) is 3.37. The molecule has 1 atom stereocenters. The van der Waals surface area contributed by atoms with Gasteiger partial charge in [-0.1, -0.05) is 48.9 Å². The summed E-state index contributed by atoms with van der Waals surface area (Å²) in [6, 6.07) is 13.7. The first kappa shape index (κ1) is 22.6. The third kappa shape index (κ3) is 6.39. The Balaban J connectivity index is 2.17. The number of nitrogens with zero attached hydrogens (tertiary/aromatic N) is 1. The first-order valence-corrected chi connectivity index (χ1v) is 9.92. The minimum atomic E-state index is -0.674. The van der Waals surface area contributed by atoms with Gasteiger partial charge in [0.25, 0.3) is 5.91 Å². The molecular weight excluding hydrogens is 392 g/mol. The number of benzene rings is 2. The lowest BCUT2D eigenvalue weighted by Crippen LogP contribution is -2.49. The lowest BCUT2D eigenvalue weighted by atomic mass is 10.1. The Kier molecular flexibility index (Phi) is 8.80. The highest BCUT2D eigenvalue weighted by atomic mass is 35.5. The van der Waals surface area contributed by atoms with Gasteiger partial charge in [-0.15, -0.1) is 0 Å². The normalized spacial score (nSPS) is 11.4. The summed E-state index contributed by atoms with van der Waals surface area (Å²) in [6.07, 6.45) is 0.813. The van der Waals surface area contributed by atoms with Crippen molar-refractivity contribution in [2.45, 2.75) is 32.9 Å². The zero-order valence-electron chi connectivity index (χ0n) is 17.0. The van der Waals surface area contributed by atoms with E-state index >= 15 is 0 Å². The van der Waals surface area contributed by atoms with Crippen LogP contribution in [0.15, 0.2) is 48.5 Å². The molecule has 1 unspecified atom stereocenters. The van der Waals surface area contributed by atoms with Gasteiger partial charge in [0.1, 0.15) is 6.04 Å². The quantitative estimate of drug-likeness (QED) is 0.639. The molecule has 0 spiro atoms. The van der Waals surface area contributed by atoms with Crippen LogP contribution in [0.3, 0.4) is 0 Å². The van der Waals surface area contributed by atoms with Crippen LogP contribution in [-0.2, 0) is 16.1 Å². The second-order valence-corrected chi connectivity index (χ2v) is 6.93. The molecule has 2 aromatic carbocycles. The predicted octanol–water partition coefficient (Wildman–Crippen LogP) is 3.67. The van der Waals surface area contributed by atoms with Gasteiger partial charge in [-0.3, -0.25) is 9.59 Å². The maximum absolute atomic E-state index is 13.0. The number of para-hydroxylation sites is 2. The number of carbonyl (C=O) groups is 2. The van der Waals surface area contributed by atoms with Gasteiger partial charge in [0, 0.05) is 18.1 Å². The van der Waals surface area contributed by atoms with Gasteiger partial charge >= 0.3 is 0 Å². The van der Waals surface area contributed by atoms with Crippen LogP contribution in [0.4, 0.5) is 0 Å². The molecule has 0 saturated carbocycles. The van der Waals surface area contributed by atoms with Crippen molar-refractivity contribution >= 4 is 23.4 Å². The topological polar surface area (TPSA) is 67.9 Å². The second kappa shape index (κ2) is 11.3. The van der Waals surface area contributed by atoms with Crippen LogP contribution < -0.4 is 14.8 Å². The summed E-state index contributed by atoms with van der Waals surface area (Å²) in [7, 11) is 1.54. The smallest absolute Gasteiger partial charge is 0.261 e. The molecule has 2 amide bonds.